The number of carbonyl (C=O) groups excluding carboxylic acids is 2. The topological polar surface area (TPSA) is 52.6 Å². The number of Topliss-reactive ketones (excluding diaryl/α,β-unsaturated/α-hetero) is 1. The van der Waals surface area contributed by atoms with Gasteiger partial charge in [0.05, 0.1) is 13.7 Å². The van der Waals surface area contributed by atoms with Crippen molar-refractivity contribution in [1.82, 2.24) is 0 Å². The fourth-order valence-corrected chi connectivity index (χ4v) is 8.40. The second-order valence-electron chi connectivity index (χ2n) is 5.90. The molecule has 0 aromatic heterocycles. The fourth-order valence-electron chi connectivity index (χ4n) is 2.99. The summed E-state index contributed by atoms with van der Waals surface area (Å²) in [5.74, 6) is -0.704. The summed E-state index contributed by atoms with van der Waals surface area (Å²) in [4.78, 5) is 22.8. The molecule has 112 valence electrons. The molecule has 0 radical (unpaired) electrons. The van der Waals surface area contributed by atoms with Crippen molar-refractivity contribution < 1.29 is 18.8 Å². The highest BCUT2D eigenvalue weighted by Gasteiger charge is 2.45. The van der Waals surface area contributed by atoms with Gasteiger partial charge < -0.3 is 9.16 Å². The third-order valence-electron chi connectivity index (χ3n) is 3.76. The van der Waals surface area contributed by atoms with Crippen molar-refractivity contribution >= 4 is 20.1 Å². The van der Waals surface area contributed by atoms with Crippen molar-refractivity contribution in [1.29, 1.82) is 0 Å². The molecule has 4 nitrogen and oxygen atoms in total. The molecule has 0 aromatic rings. The highest BCUT2D eigenvalue weighted by Crippen LogP contribution is 2.42. The summed E-state index contributed by atoms with van der Waals surface area (Å²) in [5.41, 5.74) is 1.29. The van der Waals surface area contributed by atoms with Gasteiger partial charge in [0, 0.05) is 0 Å². The van der Waals surface area contributed by atoms with E-state index in [-0.39, 0.29) is 18.8 Å². The lowest BCUT2D eigenvalue weighted by Gasteiger charge is -2.41. The number of ether oxygens (including phenoxy) is 1. The van der Waals surface area contributed by atoms with Crippen LogP contribution in [0.3, 0.4) is 0 Å². The second-order valence-corrected chi connectivity index (χ2v) is 11.4. The van der Waals surface area contributed by atoms with Crippen LogP contribution in [0.1, 0.15) is 48.0 Å². The monoisotopic (exact) mass is 288 g/mol. The highest BCUT2D eigenvalue weighted by molar-refractivity contribution is 6.77. The molecule has 19 heavy (non-hydrogen) atoms. The summed E-state index contributed by atoms with van der Waals surface area (Å²) in [6.07, 6.45) is -0.199. The van der Waals surface area contributed by atoms with Gasteiger partial charge in [-0.2, -0.15) is 0 Å². The Morgan fingerprint density at radius 3 is 1.68 bits per heavy atom. The Morgan fingerprint density at radius 2 is 1.37 bits per heavy atom. The molecule has 0 spiro atoms. The molecule has 0 aromatic carbocycles. The predicted molar refractivity (Wildman–Crippen MR) is 78.6 cm³/mol. The SMILES string of the molecule is COC(=O)CC(=O)CO[Si](C(C)C)(C(C)C)C(C)C. The smallest absolute Gasteiger partial charge is 0.313 e. The zero-order valence-corrected chi connectivity index (χ0v) is 14.3. The number of carbonyl (C=O) groups is 2. The van der Waals surface area contributed by atoms with Crippen LogP contribution < -0.4 is 0 Å². The Balaban J connectivity index is 4.77. The first-order chi connectivity index (χ1) is 8.68. The van der Waals surface area contributed by atoms with Crippen LogP contribution in [0.25, 0.3) is 0 Å². The van der Waals surface area contributed by atoms with Gasteiger partial charge in [0.2, 0.25) is 8.32 Å². The Kier molecular flexibility index (Phi) is 7.52. The lowest BCUT2D eigenvalue weighted by atomic mass is 10.3. The average molecular weight is 288 g/mol. The molecule has 0 aliphatic carbocycles. The summed E-state index contributed by atoms with van der Waals surface area (Å²) in [6, 6.07) is 0. The van der Waals surface area contributed by atoms with Gasteiger partial charge in [-0.3, -0.25) is 9.59 Å². The molecule has 0 aliphatic heterocycles. The maximum absolute atomic E-state index is 11.7. The van der Waals surface area contributed by atoms with Crippen molar-refractivity contribution in [2.45, 2.75) is 64.6 Å². The van der Waals surface area contributed by atoms with E-state index in [0.29, 0.717) is 16.6 Å². The standard InChI is InChI=1S/C14H28O4Si/c1-10(2)19(11(3)4,12(5)6)18-9-13(15)8-14(16)17-7/h10-12H,8-9H2,1-7H3. The van der Waals surface area contributed by atoms with Gasteiger partial charge in [-0.1, -0.05) is 41.5 Å². The minimum Gasteiger partial charge on any atom is -0.469 e. The largest absolute Gasteiger partial charge is 0.469 e. The van der Waals surface area contributed by atoms with E-state index < -0.39 is 14.3 Å². The Labute approximate surface area is 118 Å². The van der Waals surface area contributed by atoms with E-state index in [1.165, 1.54) is 7.11 Å². The van der Waals surface area contributed by atoms with Crippen molar-refractivity contribution in [2.75, 3.05) is 13.7 Å². The van der Waals surface area contributed by atoms with Gasteiger partial charge in [-0.05, 0) is 16.6 Å². The highest BCUT2D eigenvalue weighted by atomic mass is 28.4. The maximum Gasteiger partial charge on any atom is 0.313 e. The first-order valence-corrected chi connectivity index (χ1v) is 9.04. The molecule has 0 unspecified atom stereocenters. The summed E-state index contributed by atoms with van der Waals surface area (Å²) >= 11 is 0. The normalized spacial score (nSPS) is 12.3. The average Bonchev–Trinajstić information content (AvgIpc) is 2.27. The van der Waals surface area contributed by atoms with E-state index in [9.17, 15) is 9.59 Å². The first kappa shape index (κ1) is 18.3. The molecular formula is C14H28O4Si. The van der Waals surface area contributed by atoms with E-state index in [0.717, 1.165) is 0 Å². The molecule has 0 heterocycles. The van der Waals surface area contributed by atoms with E-state index in [1.807, 2.05) is 0 Å². The molecule has 0 bridgehead atoms. The fraction of sp³-hybridized carbons (Fsp3) is 0.857. The van der Waals surface area contributed by atoms with Crippen LogP contribution in [0.2, 0.25) is 16.6 Å². The van der Waals surface area contributed by atoms with Crippen LogP contribution in [0, 0.1) is 0 Å². The van der Waals surface area contributed by atoms with Gasteiger partial charge in [0.1, 0.15) is 6.42 Å². The number of ketones is 1. The van der Waals surface area contributed by atoms with Crippen LogP contribution in [0.5, 0.6) is 0 Å². The summed E-state index contributed by atoms with van der Waals surface area (Å²) in [7, 11) is -0.741. The molecule has 0 aliphatic rings. The van der Waals surface area contributed by atoms with Crippen LogP contribution in [-0.2, 0) is 18.8 Å². The quantitative estimate of drug-likeness (QED) is 0.390. The lowest BCUT2D eigenvalue weighted by Crippen LogP contribution is -2.48. The molecule has 0 N–H and O–H groups in total. The van der Waals surface area contributed by atoms with Crippen LogP contribution >= 0.6 is 0 Å². The third kappa shape index (κ3) is 4.73. The van der Waals surface area contributed by atoms with E-state index in [4.69, 9.17) is 4.43 Å². The first-order valence-electron chi connectivity index (χ1n) is 6.90. The Bertz CT molecular complexity index is 289. The van der Waals surface area contributed by atoms with Gasteiger partial charge in [0.25, 0.3) is 0 Å². The Morgan fingerprint density at radius 1 is 0.947 bits per heavy atom. The van der Waals surface area contributed by atoms with Crippen molar-refractivity contribution in [3.63, 3.8) is 0 Å². The minimum atomic E-state index is -2.02. The van der Waals surface area contributed by atoms with Crippen LogP contribution in [-0.4, -0.2) is 33.8 Å². The molecule has 0 atom stereocenters. The van der Waals surface area contributed by atoms with Gasteiger partial charge in [-0.25, -0.2) is 0 Å². The molecule has 0 rings (SSSR count). The maximum atomic E-state index is 11.7. The van der Waals surface area contributed by atoms with Crippen molar-refractivity contribution in [2.24, 2.45) is 0 Å². The van der Waals surface area contributed by atoms with Gasteiger partial charge in [0.15, 0.2) is 5.78 Å². The van der Waals surface area contributed by atoms with E-state index in [1.54, 1.807) is 0 Å². The number of hydrogen-bond donors (Lipinski definition) is 0. The molecule has 5 heteroatoms. The second kappa shape index (κ2) is 7.80. The van der Waals surface area contributed by atoms with Crippen LogP contribution in [0.4, 0.5) is 0 Å². The minimum absolute atomic E-state index is 0.0237. The van der Waals surface area contributed by atoms with Crippen molar-refractivity contribution in [3.8, 4) is 0 Å². The number of hydrogen-bond acceptors (Lipinski definition) is 4. The molecule has 0 saturated heterocycles. The zero-order valence-electron chi connectivity index (χ0n) is 13.3. The van der Waals surface area contributed by atoms with Gasteiger partial charge in [-0.15, -0.1) is 0 Å². The molecule has 0 saturated carbocycles. The van der Waals surface area contributed by atoms with E-state index >= 15 is 0 Å². The summed E-state index contributed by atoms with van der Waals surface area (Å²) in [5, 5.41) is 0. The Hall–Kier alpha value is -0.683. The number of methoxy groups -OCH3 is 1. The molecule has 0 amide bonds. The summed E-state index contributed by atoms with van der Waals surface area (Å²) in [6.45, 7) is 13.0. The molecule has 0 fully saturated rings. The van der Waals surface area contributed by atoms with E-state index in [2.05, 4.69) is 46.3 Å². The number of esters is 1. The van der Waals surface area contributed by atoms with Crippen molar-refractivity contribution in [3.05, 3.63) is 0 Å². The van der Waals surface area contributed by atoms with Crippen LogP contribution in [0.15, 0.2) is 0 Å². The summed E-state index contributed by atoms with van der Waals surface area (Å²) < 4.78 is 10.6. The zero-order chi connectivity index (χ0) is 15.2. The number of rotatable bonds is 8. The lowest BCUT2D eigenvalue weighted by molar-refractivity contribution is -0.143. The third-order valence-corrected chi connectivity index (χ3v) is 9.82. The molecular weight excluding hydrogens is 260 g/mol. The van der Waals surface area contributed by atoms with Gasteiger partial charge >= 0.3 is 5.97 Å². The predicted octanol–water partition coefficient (Wildman–Crippen LogP) is 3.31.